The van der Waals surface area contributed by atoms with Crippen molar-refractivity contribution in [2.24, 2.45) is 0 Å². The monoisotopic (exact) mass is 404 g/mol. The second-order valence-electron chi connectivity index (χ2n) is 6.14. The first kappa shape index (κ1) is 20.9. The lowest BCUT2D eigenvalue weighted by Crippen LogP contribution is -2.60. The third-order valence-electron chi connectivity index (χ3n) is 2.91. The summed E-state index contributed by atoms with van der Waals surface area (Å²) in [6.45, 7) is 4.40. The lowest BCUT2D eigenvalue weighted by molar-refractivity contribution is -0.144. The molecule has 1 unspecified atom stereocenters. The molecule has 138 valence electrons. The second kappa shape index (κ2) is 7.84. The molecule has 0 aliphatic carbocycles. The second-order valence-corrected chi connectivity index (χ2v) is 8.66. The van der Waals surface area contributed by atoms with Crippen LogP contribution in [0.15, 0.2) is 0 Å². The molecule has 0 radical (unpaired) electrons. The van der Waals surface area contributed by atoms with Crippen molar-refractivity contribution in [2.75, 3.05) is 26.2 Å². The summed E-state index contributed by atoms with van der Waals surface area (Å²) < 4.78 is 8.20. The zero-order valence-corrected chi connectivity index (χ0v) is 15.7. The van der Waals surface area contributed by atoms with E-state index in [0.717, 1.165) is 4.90 Å². The summed E-state index contributed by atoms with van der Waals surface area (Å²) in [7, 11) is 0. The molecule has 24 heavy (non-hydrogen) atoms. The summed E-state index contributed by atoms with van der Waals surface area (Å²) in [4.78, 5) is 37.6. The molecule has 1 N–H and O–H groups in total. The van der Waals surface area contributed by atoms with Gasteiger partial charge in [0.1, 0.15) is 12.2 Å². The van der Waals surface area contributed by atoms with Crippen molar-refractivity contribution in [3.05, 3.63) is 0 Å². The minimum atomic E-state index is -1.80. The number of carboxylic acid groups (broad SMARTS) is 1. The number of hydrogen-bond donors (Lipinski definition) is 1. The maximum Gasteiger partial charge on any atom is 0.410 e. The van der Waals surface area contributed by atoms with E-state index in [1.165, 1.54) is 4.90 Å². The number of rotatable bonds is 2. The van der Waals surface area contributed by atoms with Gasteiger partial charge in [0, 0.05) is 13.1 Å². The van der Waals surface area contributed by atoms with E-state index in [-0.39, 0.29) is 19.6 Å². The molecule has 1 aliphatic rings. The van der Waals surface area contributed by atoms with Crippen LogP contribution in [-0.2, 0) is 14.3 Å². The fourth-order valence-corrected chi connectivity index (χ4v) is 2.10. The van der Waals surface area contributed by atoms with E-state index >= 15 is 0 Å². The number of halogens is 3. The molecule has 11 heteroatoms. The van der Waals surface area contributed by atoms with Gasteiger partial charge in [-0.1, -0.05) is 34.8 Å². The van der Waals surface area contributed by atoms with Crippen molar-refractivity contribution >= 4 is 53.0 Å². The Labute approximate surface area is 154 Å². The van der Waals surface area contributed by atoms with Gasteiger partial charge in [-0.25, -0.2) is 14.4 Å². The topological polar surface area (TPSA) is 96.4 Å². The number of ether oxygens (including phenoxy) is 2. The van der Waals surface area contributed by atoms with Crippen LogP contribution in [0.25, 0.3) is 0 Å². The molecule has 0 spiro atoms. The van der Waals surface area contributed by atoms with E-state index in [1.807, 2.05) is 0 Å². The Balaban J connectivity index is 2.74. The third-order valence-corrected chi connectivity index (χ3v) is 3.24. The Morgan fingerprint density at radius 1 is 1.12 bits per heavy atom. The summed E-state index contributed by atoms with van der Waals surface area (Å²) in [6, 6.07) is -1.28. The highest BCUT2D eigenvalue weighted by atomic mass is 35.6. The van der Waals surface area contributed by atoms with Crippen molar-refractivity contribution in [3.8, 4) is 0 Å². The van der Waals surface area contributed by atoms with Crippen molar-refractivity contribution in [3.63, 3.8) is 0 Å². The van der Waals surface area contributed by atoms with Crippen LogP contribution in [0.5, 0.6) is 0 Å². The van der Waals surface area contributed by atoms with E-state index in [9.17, 15) is 19.5 Å². The number of carboxylic acids is 1. The molecular weight excluding hydrogens is 387 g/mol. The molecule has 0 aromatic heterocycles. The lowest BCUT2D eigenvalue weighted by Gasteiger charge is -2.39. The van der Waals surface area contributed by atoms with Gasteiger partial charge in [0.25, 0.3) is 0 Å². The molecule has 1 heterocycles. The van der Waals surface area contributed by atoms with Crippen LogP contribution in [0.4, 0.5) is 9.59 Å². The highest BCUT2D eigenvalue weighted by Gasteiger charge is 2.39. The van der Waals surface area contributed by atoms with E-state index in [1.54, 1.807) is 20.8 Å². The molecule has 0 aromatic carbocycles. The first-order valence-corrected chi connectivity index (χ1v) is 8.14. The van der Waals surface area contributed by atoms with E-state index in [2.05, 4.69) is 0 Å². The van der Waals surface area contributed by atoms with Gasteiger partial charge in [-0.15, -0.1) is 0 Å². The van der Waals surface area contributed by atoms with E-state index in [0.29, 0.717) is 0 Å². The van der Waals surface area contributed by atoms with Gasteiger partial charge in [0.2, 0.25) is 3.79 Å². The molecule has 1 rings (SSSR count). The van der Waals surface area contributed by atoms with Crippen LogP contribution in [-0.4, -0.2) is 74.7 Å². The molecule has 8 nitrogen and oxygen atoms in total. The molecule has 2 amide bonds. The maximum atomic E-state index is 12.0. The molecule has 0 aromatic rings. The molecule has 1 aliphatic heterocycles. The van der Waals surface area contributed by atoms with Crippen molar-refractivity contribution in [1.82, 2.24) is 9.80 Å². The predicted molar refractivity (Wildman–Crippen MR) is 87.6 cm³/mol. The zero-order valence-electron chi connectivity index (χ0n) is 13.4. The van der Waals surface area contributed by atoms with Crippen LogP contribution in [0.3, 0.4) is 0 Å². The van der Waals surface area contributed by atoms with Gasteiger partial charge in [-0.05, 0) is 20.8 Å². The van der Waals surface area contributed by atoms with Gasteiger partial charge in [-0.2, -0.15) is 0 Å². The standard InChI is InChI=1S/C13H19Cl3N2O6/c1-12(2,3)24-10(21)17-4-5-18(8(6-17)9(19)20)11(22)23-7-13(14,15)16/h8H,4-7H2,1-3H3,(H,19,20). The minimum absolute atomic E-state index is 0.0467. The number of aliphatic carboxylic acids is 1. The average Bonchev–Trinajstić information content (AvgIpc) is 2.41. The third kappa shape index (κ3) is 6.78. The van der Waals surface area contributed by atoms with Gasteiger partial charge in [-0.3, -0.25) is 4.90 Å². The minimum Gasteiger partial charge on any atom is -0.480 e. The van der Waals surface area contributed by atoms with Crippen molar-refractivity contribution in [2.45, 2.75) is 36.2 Å². The van der Waals surface area contributed by atoms with E-state index < -0.39 is 40.2 Å². The molecule has 1 atom stereocenters. The van der Waals surface area contributed by atoms with Crippen LogP contribution in [0.1, 0.15) is 20.8 Å². The highest BCUT2D eigenvalue weighted by molar-refractivity contribution is 6.67. The van der Waals surface area contributed by atoms with Gasteiger partial charge in [0.05, 0.1) is 6.54 Å². The Kier molecular flexibility index (Phi) is 6.84. The fraction of sp³-hybridized carbons (Fsp3) is 0.769. The smallest absolute Gasteiger partial charge is 0.410 e. The van der Waals surface area contributed by atoms with Gasteiger partial charge < -0.3 is 19.5 Å². The Bertz CT molecular complexity index is 503. The number of amides is 2. The van der Waals surface area contributed by atoms with Crippen molar-refractivity contribution < 1.29 is 29.0 Å². The number of nitrogens with zero attached hydrogens (tertiary/aromatic N) is 2. The van der Waals surface area contributed by atoms with Gasteiger partial charge in [0.15, 0.2) is 6.04 Å². The van der Waals surface area contributed by atoms with Crippen molar-refractivity contribution in [1.29, 1.82) is 0 Å². The Morgan fingerprint density at radius 2 is 1.71 bits per heavy atom. The summed E-state index contributed by atoms with van der Waals surface area (Å²) >= 11 is 16.5. The first-order valence-electron chi connectivity index (χ1n) is 7.01. The maximum absolute atomic E-state index is 12.0. The number of carbonyl (C=O) groups is 3. The summed E-state index contributed by atoms with van der Waals surface area (Å²) in [6.07, 6.45) is -1.58. The number of carbonyl (C=O) groups excluding carboxylic acids is 2. The number of alkyl halides is 3. The molecule has 0 saturated carbocycles. The normalized spacial score (nSPS) is 19.0. The molecule has 1 saturated heterocycles. The van der Waals surface area contributed by atoms with Crippen LogP contribution in [0.2, 0.25) is 0 Å². The van der Waals surface area contributed by atoms with Gasteiger partial charge >= 0.3 is 18.2 Å². The Hall–Kier alpha value is -1.12. The van der Waals surface area contributed by atoms with E-state index in [4.69, 9.17) is 44.3 Å². The molecular formula is C13H19Cl3N2O6. The van der Waals surface area contributed by atoms with Crippen LogP contribution < -0.4 is 0 Å². The lowest BCUT2D eigenvalue weighted by atomic mass is 10.2. The summed E-state index contributed by atoms with van der Waals surface area (Å²) in [5.74, 6) is -1.28. The fourth-order valence-electron chi connectivity index (χ4n) is 1.93. The SMILES string of the molecule is CC(C)(C)OC(=O)N1CCN(C(=O)OCC(Cl)(Cl)Cl)C(C(=O)O)C1. The van der Waals surface area contributed by atoms with Crippen LogP contribution in [0, 0.1) is 0 Å². The highest BCUT2D eigenvalue weighted by Crippen LogP contribution is 2.26. The largest absolute Gasteiger partial charge is 0.480 e. The average molecular weight is 406 g/mol. The summed E-state index contributed by atoms with van der Waals surface area (Å²) in [5, 5.41) is 9.31. The zero-order chi connectivity index (χ0) is 18.7. The summed E-state index contributed by atoms with van der Waals surface area (Å²) in [5.41, 5.74) is -0.712. The quantitative estimate of drug-likeness (QED) is 0.709. The molecule has 0 bridgehead atoms. The first-order chi connectivity index (χ1) is 10.8. The molecule has 1 fully saturated rings. The van der Waals surface area contributed by atoms with Crippen LogP contribution >= 0.6 is 34.8 Å². The predicted octanol–water partition coefficient (Wildman–Crippen LogP) is 2.50. The Morgan fingerprint density at radius 3 is 2.17 bits per heavy atom. The number of piperazine rings is 1. The number of hydrogen-bond acceptors (Lipinski definition) is 5.